The highest BCUT2D eigenvalue weighted by molar-refractivity contribution is 6.11. The molecule has 2 nitrogen and oxygen atoms in total. The molecule has 0 radical (unpaired) electrons. The Kier molecular flexibility index (Phi) is 7.59. The van der Waals surface area contributed by atoms with Crippen molar-refractivity contribution >= 4 is 33.3 Å². The molecule has 10 rings (SSSR count). The smallest absolute Gasteiger partial charge is 0.143 e. The molecular weight excluding hydrogens is 655 g/mol. The van der Waals surface area contributed by atoms with Crippen molar-refractivity contribution in [3.8, 4) is 44.5 Å². The van der Waals surface area contributed by atoms with E-state index in [9.17, 15) is 0 Å². The molecule has 0 atom stereocenters. The number of nitrogens with zero attached hydrogens (tertiary/aromatic N) is 1. The third-order valence-corrected chi connectivity index (χ3v) is 11.4. The van der Waals surface area contributed by atoms with Crippen LogP contribution in [0.4, 0.5) is 11.4 Å². The lowest BCUT2D eigenvalue weighted by molar-refractivity contribution is 0.659. The van der Waals surface area contributed by atoms with Gasteiger partial charge in [0.25, 0.3) is 0 Å². The Morgan fingerprint density at radius 1 is 0.463 bits per heavy atom. The Morgan fingerprint density at radius 3 is 1.76 bits per heavy atom. The van der Waals surface area contributed by atoms with E-state index in [4.69, 9.17) is 4.42 Å². The molecule has 0 N–H and O–H groups in total. The molecule has 1 heterocycles. The fourth-order valence-corrected chi connectivity index (χ4v) is 8.70. The lowest BCUT2D eigenvalue weighted by Crippen LogP contribution is -2.19. The van der Waals surface area contributed by atoms with Crippen LogP contribution in [0.3, 0.4) is 0 Å². The van der Waals surface area contributed by atoms with Crippen LogP contribution in [-0.4, -0.2) is 0 Å². The van der Waals surface area contributed by atoms with Crippen molar-refractivity contribution in [1.29, 1.82) is 0 Å². The summed E-state index contributed by atoms with van der Waals surface area (Å²) >= 11 is 0. The normalized spacial score (nSPS) is 12.9. The van der Waals surface area contributed by atoms with Gasteiger partial charge in [0.2, 0.25) is 0 Å². The Hall–Kier alpha value is -6.64. The van der Waals surface area contributed by atoms with Gasteiger partial charge in [-0.05, 0) is 74.3 Å². The average molecular weight is 694 g/mol. The molecule has 54 heavy (non-hydrogen) atoms. The molecule has 0 spiro atoms. The maximum absolute atomic E-state index is 6.65. The minimum absolute atomic E-state index is 0.244. The first kappa shape index (κ1) is 32.0. The third-order valence-electron chi connectivity index (χ3n) is 11.4. The van der Waals surface area contributed by atoms with E-state index in [1.165, 1.54) is 61.3 Å². The number of hydrogen-bond acceptors (Lipinski definition) is 2. The van der Waals surface area contributed by atoms with Crippen molar-refractivity contribution in [2.24, 2.45) is 0 Å². The van der Waals surface area contributed by atoms with E-state index in [1.54, 1.807) is 0 Å². The van der Waals surface area contributed by atoms with E-state index in [1.807, 2.05) is 6.07 Å². The van der Waals surface area contributed by atoms with Crippen LogP contribution in [0.25, 0.3) is 66.4 Å². The van der Waals surface area contributed by atoms with E-state index in [-0.39, 0.29) is 5.41 Å². The molecule has 1 aliphatic carbocycles. The van der Waals surface area contributed by atoms with Crippen molar-refractivity contribution in [2.45, 2.75) is 25.8 Å². The molecule has 0 aliphatic heterocycles. The second-order valence-electron chi connectivity index (χ2n) is 14.9. The van der Waals surface area contributed by atoms with E-state index >= 15 is 0 Å². The van der Waals surface area contributed by atoms with Gasteiger partial charge in [-0.2, -0.15) is 0 Å². The maximum Gasteiger partial charge on any atom is 0.143 e. The summed E-state index contributed by atoms with van der Waals surface area (Å²) in [5, 5.41) is 2.29. The number of fused-ring (bicyclic) bond motifs is 6. The minimum Gasteiger partial charge on any atom is -0.455 e. The van der Waals surface area contributed by atoms with Crippen molar-refractivity contribution in [2.75, 3.05) is 4.90 Å². The molecule has 258 valence electrons. The van der Waals surface area contributed by atoms with E-state index in [0.29, 0.717) is 6.54 Å². The van der Waals surface area contributed by atoms with Crippen LogP contribution < -0.4 is 4.90 Å². The van der Waals surface area contributed by atoms with Gasteiger partial charge < -0.3 is 9.32 Å². The summed E-state index contributed by atoms with van der Waals surface area (Å²) < 4.78 is 6.65. The molecule has 1 aromatic heterocycles. The summed E-state index contributed by atoms with van der Waals surface area (Å²) in [7, 11) is 0. The summed E-state index contributed by atoms with van der Waals surface area (Å²) in [5.74, 6) is 0. The van der Waals surface area contributed by atoms with Gasteiger partial charge in [0.1, 0.15) is 11.2 Å². The van der Waals surface area contributed by atoms with Gasteiger partial charge in [-0.1, -0.05) is 178 Å². The second kappa shape index (κ2) is 12.8. The third kappa shape index (κ3) is 5.25. The highest BCUT2D eigenvalue weighted by Crippen LogP contribution is 2.57. The Morgan fingerprint density at radius 2 is 1.04 bits per heavy atom. The van der Waals surface area contributed by atoms with Gasteiger partial charge >= 0.3 is 0 Å². The quantitative estimate of drug-likeness (QED) is 0.165. The van der Waals surface area contributed by atoms with Crippen molar-refractivity contribution in [1.82, 2.24) is 0 Å². The van der Waals surface area contributed by atoms with Crippen molar-refractivity contribution < 1.29 is 4.42 Å². The van der Waals surface area contributed by atoms with Crippen LogP contribution in [0, 0.1) is 0 Å². The molecule has 0 fully saturated rings. The zero-order chi connectivity index (χ0) is 36.2. The van der Waals surface area contributed by atoms with Crippen LogP contribution in [0.15, 0.2) is 192 Å². The number of hydrogen-bond donors (Lipinski definition) is 0. The van der Waals surface area contributed by atoms with Crippen LogP contribution in [0.5, 0.6) is 0 Å². The molecule has 0 unspecified atom stereocenters. The molecule has 0 bridgehead atoms. The zero-order valence-corrected chi connectivity index (χ0v) is 30.5. The van der Waals surface area contributed by atoms with E-state index < -0.39 is 0 Å². The summed E-state index contributed by atoms with van der Waals surface area (Å²) in [6, 6.07) is 68.0. The van der Waals surface area contributed by atoms with Crippen LogP contribution in [0.2, 0.25) is 0 Å². The maximum atomic E-state index is 6.65. The molecule has 0 saturated heterocycles. The first-order chi connectivity index (χ1) is 26.5. The van der Waals surface area contributed by atoms with Gasteiger partial charge in [0.15, 0.2) is 0 Å². The average Bonchev–Trinajstić information content (AvgIpc) is 3.73. The molecular formula is C52H39NO. The minimum atomic E-state index is -0.244. The predicted octanol–water partition coefficient (Wildman–Crippen LogP) is 14.2. The fourth-order valence-electron chi connectivity index (χ4n) is 8.70. The van der Waals surface area contributed by atoms with Crippen LogP contribution in [-0.2, 0) is 12.0 Å². The molecule has 2 heteroatoms. The topological polar surface area (TPSA) is 16.4 Å². The molecule has 9 aromatic rings. The van der Waals surface area contributed by atoms with E-state index in [0.717, 1.165) is 33.2 Å². The van der Waals surface area contributed by atoms with Gasteiger partial charge in [-0.3, -0.25) is 0 Å². The van der Waals surface area contributed by atoms with Gasteiger partial charge in [-0.15, -0.1) is 0 Å². The Bertz CT molecular complexity index is 2790. The number of anilines is 2. The SMILES string of the molecule is CC1(C)c2ccccc2-c2c(N(Cc3ccc(-c4ccccc4)cc3)c3ccc(-c4ccccc4)cc3)ccc(-c3cccc4c3oc3ccccc34)c21. The molecule has 1 aliphatic rings. The predicted molar refractivity (Wildman–Crippen MR) is 226 cm³/mol. The van der Waals surface area contributed by atoms with Gasteiger partial charge in [0.05, 0.1) is 0 Å². The second-order valence-corrected chi connectivity index (χ2v) is 14.9. The Balaban J connectivity index is 1.17. The van der Waals surface area contributed by atoms with Crippen molar-refractivity contribution in [3.05, 3.63) is 205 Å². The highest BCUT2D eigenvalue weighted by atomic mass is 16.3. The first-order valence-electron chi connectivity index (χ1n) is 18.8. The lowest BCUT2D eigenvalue weighted by atomic mass is 9.78. The van der Waals surface area contributed by atoms with Crippen LogP contribution >= 0.6 is 0 Å². The monoisotopic (exact) mass is 693 g/mol. The molecule has 0 saturated carbocycles. The number of rotatable bonds is 7. The summed E-state index contributed by atoms with van der Waals surface area (Å²) in [4.78, 5) is 2.51. The first-order valence-corrected chi connectivity index (χ1v) is 18.8. The largest absolute Gasteiger partial charge is 0.455 e. The zero-order valence-electron chi connectivity index (χ0n) is 30.5. The van der Waals surface area contributed by atoms with Gasteiger partial charge in [-0.25, -0.2) is 0 Å². The van der Waals surface area contributed by atoms with Crippen LogP contribution in [0.1, 0.15) is 30.5 Å². The lowest BCUT2D eigenvalue weighted by Gasteiger charge is -2.30. The molecule has 8 aromatic carbocycles. The Labute approximate surface area is 316 Å². The van der Waals surface area contributed by atoms with Gasteiger partial charge in [0, 0.05) is 45.2 Å². The summed E-state index contributed by atoms with van der Waals surface area (Å²) in [5.41, 5.74) is 17.7. The van der Waals surface area contributed by atoms with Crippen molar-refractivity contribution in [3.63, 3.8) is 0 Å². The molecule has 0 amide bonds. The van der Waals surface area contributed by atoms with E-state index in [2.05, 4.69) is 201 Å². The summed E-state index contributed by atoms with van der Waals surface area (Å²) in [6.45, 7) is 5.48. The standard InChI is InChI=1S/C52H39NO/c1-52(2)46-22-11-9-19-45(46)49-47(33-32-42(50(49)52)44-21-13-20-43-41-18-10-12-23-48(41)54-51(43)44)53(40-30-28-39(29-31-40)37-16-7-4-8-17-37)34-35-24-26-38(27-25-35)36-14-5-3-6-15-36/h3-33H,34H2,1-2H3. The fraction of sp³-hybridized carbons (Fsp3) is 0.0769. The summed E-state index contributed by atoms with van der Waals surface area (Å²) in [6.07, 6.45) is 0. The number of benzene rings is 8. The number of para-hydroxylation sites is 2. The highest BCUT2D eigenvalue weighted by Gasteiger charge is 2.40. The number of furan rings is 1.